The van der Waals surface area contributed by atoms with Crippen molar-refractivity contribution >= 4 is 0 Å². The molecule has 3 heteroatoms. The number of hydrogen-bond donors (Lipinski definition) is 1. The second-order valence-corrected chi connectivity index (χ2v) is 4.95. The molecule has 0 unspecified atom stereocenters. The van der Waals surface area contributed by atoms with Crippen LogP contribution in [-0.2, 0) is 6.54 Å². The van der Waals surface area contributed by atoms with Crippen LogP contribution in [0.25, 0.3) is 0 Å². The molecule has 0 aliphatic carbocycles. The molecule has 0 bridgehead atoms. The first kappa shape index (κ1) is 14.4. The molecule has 0 saturated carbocycles. The maximum Gasteiger partial charge on any atom is 0.118 e. The van der Waals surface area contributed by atoms with E-state index in [1.54, 1.807) is 13.4 Å². The van der Waals surface area contributed by atoms with Gasteiger partial charge in [-0.1, -0.05) is 17.7 Å². The van der Waals surface area contributed by atoms with Gasteiger partial charge in [-0.15, -0.1) is 6.58 Å². The maximum absolute atomic E-state index is 5.36. The molecule has 1 aromatic heterocycles. The average molecular weight is 271 g/mol. The molecule has 1 heterocycles. The monoisotopic (exact) mass is 271 g/mol. The Kier molecular flexibility index (Phi) is 5.02. The molecule has 0 radical (unpaired) electrons. The third-order valence-corrected chi connectivity index (χ3v) is 3.17. The van der Waals surface area contributed by atoms with Crippen molar-refractivity contribution in [2.24, 2.45) is 0 Å². The number of methoxy groups -OCH3 is 1. The third kappa shape index (κ3) is 4.00. The average Bonchev–Trinajstić information content (AvgIpc) is 2.96. The Morgan fingerprint density at radius 1 is 1.30 bits per heavy atom. The number of hydrogen-bond acceptors (Lipinski definition) is 3. The Hall–Kier alpha value is -2.00. The zero-order chi connectivity index (χ0) is 14.4. The Bertz CT molecular complexity index is 529. The van der Waals surface area contributed by atoms with Crippen LogP contribution < -0.4 is 10.1 Å². The van der Waals surface area contributed by atoms with Crippen molar-refractivity contribution in [1.29, 1.82) is 0 Å². The molecular formula is C17H21NO2. The first-order chi connectivity index (χ1) is 9.69. The topological polar surface area (TPSA) is 34.4 Å². The molecule has 3 nitrogen and oxygen atoms in total. The van der Waals surface area contributed by atoms with E-state index in [2.05, 4.69) is 24.0 Å². The van der Waals surface area contributed by atoms with Gasteiger partial charge in [-0.05, 0) is 43.2 Å². The third-order valence-electron chi connectivity index (χ3n) is 3.17. The molecule has 0 amide bonds. The standard InChI is InChI=1S/C17H21NO2/c1-13(2)11-17(18-12-16-5-4-10-20-16)14-6-8-15(19-3)9-7-14/h4-10,17-18H,1,11-12H2,2-3H3/t17-/m0/s1. The fourth-order valence-electron chi connectivity index (χ4n) is 2.13. The largest absolute Gasteiger partial charge is 0.497 e. The summed E-state index contributed by atoms with van der Waals surface area (Å²) >= 11 is 0. The summed E-state index contributed by atoms with van der Waals surface area (Å²) in [5.41, 5.74) is 2.37. The van der Waals surface area contributed by atoms with Crippen LogP contribution in [0, 0.1) is 0 Å². The zero-order valence-electron chi connectivity index (χ0n) is 12.1. The lowest BCUT2D eigenvalue weighted by atomic mass is 10.00. The van der Waals surface area contributed by atoms with E-state index in [4.69, 9.17) is 9.15 Å². The normalized spacial score (nSPS) is 12.1. The van der Waals surface area contributed by atoms with Gasteiger partial charge >= 0.3 is 0 Å². The summed E-state index contributed by atoms with van der Waals surface area (Å²) in [5, 5.41) is 3.51. The van der Waals surface area contributed by atoms with Gasteiger partial charge in [0.2, 0.25) is 0 Å². The van der Waals surface area contributed by atoms with E-state index in [9.17, 15) is 0 Å². The van der Waals surface area contributed by atoms with Gasteiger partial charge in [0.25, 0.3) is 0 Å². The minimum absolute atomic E-state index is 0.225. The van der Waals surface area contributed by atoms with E-state index in [0.717, 1.165) is 23.5 Å². The smallest absolute Gasteiger partial charge is 0.118 e. The number of benzene rings is 1. The van der Waals surface area contributed by atoms with Crippen LogP contribution in [0.15, 0.2) is 59.2 Å². The molecule has 2 rings (SSSR count). The summed E-state index contributed by atoms with van der Waals surface area (Å²) in [7, 11) is 1.68. The number of nitrogens with one attached hydrogen (secondary N) is 1. The van der Waals surface area contributed by atoms with Crippen molar-refractivity contribution in [2.75, 3.05) is 7.11 Å². The molecule has 2 aromatic rings. The van der Waals surface area contributed by atoms with Crippen LogP contribution in [0.1, 0.15) is 30.7 Å². The quantitative estimate of drug-likeness (QED) is 0.770. The van der Waals surface area contributed by atoms with Crippen molar-refractivity contribution in [1.82, 2.24) is 5.32 Å². The minimum Gasteiger partial charge on any atom is -0.497 e. The number of furan rings is 1. The first-order valence-electron chi connectivity index (χ1n) is 6.73. The number of ether oxygens (including phenoxy) is 1. The molecule has 106 valence electrons. The van der Waals surface area contributed by atoms with Gasteiger partial charge in [-0.25, -0.2) is 0 Å². The summed E-state index contributed by atoms with van der Waals surface area (Å²) in [4.78, 5) is 0. The highest BCUT2D eigenvalue weighted by Crippen LogP contribution is 2.23. The van der Waals surface area contributed by atoms with Crippen molar-refractivity contribution in [3.8, 4) is 5.75 Å². The molecule has 0 fully saturated rings. The second kappa shape index (κ2) is 6.96. The lowest BCUT2D eigenvalue weighted by Crippen LogP contribution is -2.21. The van der Waals surface area contributed by atoms with E-state index >= 15 is 0 Å². The molecule has 1 N–H and O–H groups in total. The molecule has 0 saturated heterocycles. The molecule has 1 atom stereocenters. The van der Waals surface area contributed by atoms with E-state index in [-0.39, 0.29) is 6.04 Å². The maximum atomic E-state index is 5.36. The van der Waals surface area contributed by atoms with E-state index < -0.39 is 0 Å². The lowest BCUT2D eigenvalue weighted by Gasteiger charge is -2.19. The zero-order valence-corrected chi connectivity index (χ0v) is 12.1. The summed E-state index contributed by atoms with van der Waals surface area (Å²) in [5.74, 6) is 1.80. The minimum atomic E-state index is 0.225. The van der Waals surface area contributed by atoms with E-state index in [0.29, 0.717) is 6.54 Å². The Balaban J connectivity index is 2.07. The number of rotatable bonds is 7. The summed E-state index contributed by atoms with van der Waals surface area (Å²) in [6.07, 6.45) is 2.59. The van der Waals surface area contributed by atoms with Crippen molar-refractivity contribution < 1.29 is 9.15 Å². The van der Waals surface area contributed by atoms with Crippen LogP contribution in [0.3, 0.4) is 0 Å². The van der Waals surface area contributed by atoms with Crippen molar-refractivity contribution in [2.45, 2.75) is 25.9 Å². The molecule has 0 aliphatic heterocycles. The van der Waals surface area contributed by atoms with Gasteiger partial charge in [0, 0.05) is 6.04 Å². The fourth-order valence-corrected chi connectivity index (χ4v) is 2.13. The molecule has 0 spiro atoms. The van der Waals surface area contributed by atoms with Gasteiger partial charge in [-0.2, -0.15) is 0 Å². The van der Waals surface area contributed by atoms with Gasteiger partial charge in [0.05, 0.1) is 19.9 Å². The Morgan fingerprint density at radius 3 is 2.60 bits per heavy atom. The van der Waals surface area contributed by atoms with Crippen LogP contribution in [0.4, 0.5) is 0 Å². The van der Waals surface area contributed by atoms with Crippen LogP contribution in [-0.4, -0.2) is 7.11 Å². The predicted molar refractivity (Wildman–Crippen MR) is 80.7 cm³/mol. The van der Waals surface area contributed by atoms with Crippen molar-refractivity contribution in [3.05, 3.63) is 66.1 Å². The molecule has 0 aliphatic rings. The predicted octanol–water partition coefficient (Wildman–Crippen LogP) is 4.09. The summed E-state index contributed by atoms with van der Waals surface area (Å²) in [6, 6.07) is 12.2. The van der Waals surface area contributed by atoms with Gasteiger partial charge in [-0.3, -0.25) is 0 Å². The Labute approximate surface area is 120 Å². The Morgan fingerprint density at radius 2 is 2.05 bits per heavy atom. The highest BCUT2D eigenvalue weighted by atomic mass is 16.5. The lowest BCUT2D eigenvalue weighted by molar-refractivity contribution is 0.413. The van der Waals surface area contributed by atoms with Crippen LogP contribution in [0.5, 0.6) is 5.75 Å². The first-order valence-corrected chi connectivity index (χ1v) is 6.73. The summed E-state index contributed by atoms with van der Waals surface area (Å²) < 4.78 is 10.6. The molecular weight excluding hydrogens is 250 g/mol. The highest BCUT2D eigenvalue weighted by molar-refractivity contribution is 5.29. The fraction of sp³-hybridized carbons (Fsp3) is 0.294. The van der Waals surface area contributed by atoms with Gasteiger partial charge in [0.1, 0.15) is 11.5 Å². The summed E-state index contributed by atoms with van der Waals surface area (Å²) in [6.45, 7) is 6.76. The SMILES string of the molecule is C=C(C)C[C@H](NCc1ccco1)c1ccc(OC)cc1. The highest BCUT2D eigenvalue weighted by Gasteiger charge is 2.12. The van der Waals surface area contributed by atoms with Gasteiger partial charge in [0.15, 0.2) is 0 Å². The van der Waals surface area contributed by atoms with E-state index in [1.165, 1.54) is 5.56 Å². The van der Waals surface area contributed by atoms with Crippen LogP contribution >= 0.6 is 0 Å². The molecule has 20 heavy (non-hydrogen) atoms. The van der Waals surface area contributed by atoms with Gasteiger partial charge < -0.3 is 14.5 Å². The van der Waals surface area contributed by atoms with Crippen molar-refractivity contribution in [3.63, 3.8) is 0 Å². The van der Waals surface area contributed by atoms with Crippen LogP contribution in [0.2, 0.25) is 0 Å². The molecule has 1 aromatic carbocycles. The second-order valence-electron chi connectivity index (χ2n) is 4.95. The van der Waals surface area contributed by atoms with E-state index in [1.807, 2.05) is 31.2 Å².